The molecule has 0 aliphatic carbocycles. The van der Waals surface area contributed by atoms with E-state index in [2.05, 4.69) is 69.1 Å². The zero-order valence-corrected chi connectivity index (χ0v) is 16.9. The first-order valence-corrected chi connectivity index (χ1v) is 9.54. The van der Waals surface area contributed by atoms with Crippen LogP contribution in [0, 0.1) is 20.8 Å². The van der Waals surface area contributed by atoms with Gasteiger partial charge >= 0.3 is 5.97 Å². The topological polar surface area (TPSA) is 49.8 Å². The number of carboxylic acid groups (broad SMARTS) is 1. The zero-order chi connectivity index (χ0) is 19.8. The van der Waals surface area contributed by atoms with Gasteiger partial charge in [0.25, 0.3) is 0 Å². The Bertz CT molecular complexity index is 747. The van der Waals surface area contributed by atoms with Crippen molar-refractivity contribution in [3.8, 4) is 5.75 Å². The van der Waals surface area contributed by atoms with Crippen LogP contribution in [-0.2, 0) is 17.9 Å². The standard InChI is InChI=1S/C23H31NO3/c1-17-8-7-9-20(12-17)16-27-23-18(2)13-21(14-19(23)3)15-24(4)11-6-5-10-22(25)26/h7-9,12-14H,5-6,10-11,15-16H2,1-4H3,(H,25,26). The van der Waals surface area contributed by atoms with Crippen LogP contribution in [-0.4, -0.2) is 29.6 Å². The van der Waals surface area contributed by atoms with Gasteiger partial charge in [-0.3, -0.25) is 4.79 Å². The summed E-state index contributed by atoms with van der Waals surface area (Å²) in [7, 11) is 2.08. The summed E-state index contributed by atoms with van der Waals surface area (Å²) in [6, 6.07) is 12.8. The lowest BCUT2D eigenvalue weighted by atomic mass is 10.0. The lowest BCUT2D eigenvalue weighted by Gasteiger charge is -2.19. The highest BCUT2D eigenvalue weighted by Crippen LogP contribution is 2.26. The second-order valence-electron chi connectivity index (χ2n) is 7.43. The van der Waals surface area contributed by atoms with Crippen molar-refractivity contribution < 1.29 is 14.6 Å². The van der Waals surface area contributed by atoms with E-state index in [1.54, 1.807) is 0 Å². The van der Waals surface area contributed by atoms with Gasteiger partial charge in [-0.25, -0.2) is 0 Å². The fraction of sp³-hybridized carbons (Fsp3) is 0.435. The van der Waals surface area contributed by atoms with Crippen molar-refractivity contribution in [3.63, 3.8) is 0 Å². The number of benzene rings is 2. The van der Waals surface area contributed by atoms with Crippen LogP contribution >= 0.6 is 0 Å². The first kappa shape index (κ1) is 21.0. The maximum Gasteiger partial charge on any atom is 0.303 e. The summed E-state index contributed by atoms with van der Waals surface area (Å²) in [5, 5.41) is 8.71. The van der Waals surface area contributed by atoms with E-state index in [9.17, 15) is 4.79 Å². The van der Waals surface area contributed by atoms with Crippen LogP contribution < -0.4 is 4.74 Å². The average Bonchev–Trinajstić information content (AvgIpc) is 2.58. The van der Waals surface area contributed by atoms with Gasteiger partial charge in [0, 0.05) is 13.0 Å². The Balaban J connectivity index is 1.92. The van der Waals surface area contributed by atoms with Gasteiger partial charge in [0.1, 0.15) is 12.4 Å². The molecule has 2 aromatic carbocycles. The number of rotatable bonds is 10. The second kappa shape index (κ2) is 10.1. The van der Waals surface area contributed by atoms with E-state index in [0.717, 1.165) is 42.8 Å². The van der Waals surface area contributed by atoms with Crippen LogP contribution in [0.25, 0.3) is 0 Å². The lowest BCUT2D eigenvalue weighted by molar-refractivity contribution is -0.137. The maximum atomic E-state index is 10.6. The molecular formula is C23H31NO3. The molecule has 0 bridgehead atoms. The first-order chi connectivity index (χ1) is 12.8. The Kier molecular flexibility index (Phi) is 7.86. The number of aliphatic carboxylic acids is 1. The van der Waals surface area contributed by atoms with Gasteiger partial charge in [0.05, 0.1) is 0 Å². The molecule has 1 N–H and O–H groups in total. The summed E-state index contributed by atoms with van der Waals surface area (Å²) in [4.78, 5) is 12.8. The number of hydrogen-bond donors (Lipinski definition) is 1. The van der Waals surface area contributed by atoms with Gasteiger partial charge in [-0.05, 0) is 69.5 Å². The molecule has 0 saturated heterocycles. The molecule has 0 spiro atoms. The van der Waals surface area contributed by atoms with Crippen molar-refractivity contribution in [2.45, 2.75) is 53.2 Å². The van der Waals surface area contributed by atoms with Crippen molar-refractivity contribution >= 4 is 5.97 Å². The number of carboxylic acids is 1. The van der Waals surface area contributed by atoms with Crippen molar-refractivity contribution in [2.24, 2.45) is 0 Å². The molecule has 0 heterocycles. The van der Waals surface area contributed by atoms with Crippen LogP contribution in [0.2, 0.25) is 0 Å². The highest BCUT2D eigenvalue weighted by Gasteiger charge is 2.09. The van der Waals surface area contributed by atoms with Gasteiger partial charge in [0.15, 0.2) is 0 Å². The average molecular weight is 370 g/mol. The summed E-state index contributed by atoms with van der Waals surface area (Å²) in [6.07, 6.45) is 1.88. The first-order valence-electron chi connectivity index (χ1n) is 9.54. The Labute approximate surface area is 162 Å². The molecule has 0 aliphatic rings. The zero-order valence-electron chi connectivity index (χ0n) is 16.9. The van der Waals surface area contributed by atoms with Crippen LogP contribution in [0.5, 0.6) is 5.75 Å². The fourth-order valence-corrected chi connectivity index (χ4v) is 3.37. The predicted molar refractivity (Wildman–Crippen MR) is 109 cm³/mol. The quantitative estimate of drug-likeness (QED) is 0.607. The molecule has 0 radical (unpaired) electrons. The molecule has 27 heavy (non-hydrogen) atoms. The van der Waals surface area contributed by atoms with Gasteiger partial charge in [-0.2, -0.15) is 0 Å². The molecular weight excluding hydrogens is 338 g/mol. The summed E-state index contributed by atoms with van der Waals surface area (Å²) < 4.78 is 6.10. The Morgan fingerprint density at radius 3 is 2.37 bits per heavy atom. The summed E-state index contributed by atoms with van der Waals surface area (Å²) in [6.45, 7) is 8.60. The third-order valence-electron chi connectivity index (χ3n) is 4.62. The molecule has 0 fully saturated rings. The third-order valence-corrected chi connectivity index (χ3v) is 4.62. The minimum atomic E-state index is -0.717. The largest absolute Gasteiger partial charge is 0.488 e. The van der Waals surface area contributed by atoms with E-state index >= 15 is 0 Å². The molecule has 4 heteroatoms. The van der Waals surface area contributed by atoms with Gasteiger partial charge < -0.3 is 14.7 Å². The number of ether oxygens (including phenoxy) is 1. The number of hydrogen-bond acceptors (Lipinski definition) is 3. The molecule has 2 aromatic rings. The maximum absolute atomic E-state index is 10.6. The Morgan fingerprint density at radius 2 is 1.74 bits per heavy atom. The number of nitrogens with zero attached hydrogens (tertiary/aromatic N) is 1. The van der Waals surface area contributed by atoms with E-state index in [-0.39, 0.29) is 6.42 Å². The minimum Gasteiger partial charge on any atom is -0.488 e. The summed E-state index contributed by atoms with van der Waals surface area (Å²) in [5.41, 5.74) is 5.98. The van der Waals surface area contributed by atoms with E-state index in [4.69, 9.17) is 9.84 Å². The van der Waals surface area contributed by atoms with Crippen LogP contribution in [0.4, 0.5) is 0 Å². The van der Waals surface area contributed by atoms with Gasteiger partial charge in [0.2, 0.25) is 0 Å². The van der Waals surface area contributed by atoms with E-state index in [0.29, 0.717) is 6.61 Å². The minimum absolute atomic E-state index is 0.249. The van der Waals surface area contributed by atoms with E-state index in [1.807, 2.05) is 0 Å². The molecule has 0 amide bonds. The number of unbranched alkanes of at least 4 members (excludes halogenated alkanes) is 1. The molecule has 2 rings (SSSR count). The highest BCUT2D eigenvalue weighted by molar-refractivity contribution is 5.66. The molecule has 0 unspecified atom stereocenters. The Hall–Kier alpha value is -2.33. The van der Waals surface area contributed by atoms with Crippen molar-refractivity contribution in [1.29, 1.82) is 0 Å². The monoisotopic (exact) mass is 369 g/mol. The molecule has 4 nitrogen and oxygen atoms in total. The number of carbonyl (C=O) groups is 1. The van der Waals surface area contributed by atoms with E-state index in [1.165, 1.54) is 16.7 Å². The molecule has 0 aromatic heterocycles. The summed E-state index contributed by atoms with van der Waals surface area (Å²) >= 11 is 0. The predicted octanol–water partition coefficient (Wildman–Crippen LogP) is 4.88. The third kappa shape index (κ3) is 7.06. The van der Waals surface area contributed by atoms with Gasteiger partial charge in [-0.15, -0.1) is 0 Å². The SMILES string of the molecule is Cc1cccc(COc2c(C)cc(CN(C)CCCCC(=O)O)cc2C)c1. The molecule has 146 valence electrons. The van der Waals surface area contributed by atoms with Crippen LogP contribution in [0.3, 0.4) is 0 Å². The molecule has 0 aliphatic heterocycles. The van der Waals surface area contributed by atoms with Crippen LogP contribution in [0.1, 0.15) is 47.1 Å². The normalized spacial score (nSPS) is 11.0. The fourth-order valence-electron chi connectivity index (χ4n) is 3.37. The van der Waals surface area contributed by atoms with Crippen molar-refractivity contribution in [1.82, 2.24) is 4.90 Å². The van der Waals surface area contributed by atoms with E-state index < -0.39 is 5.97 Å². The van der Waals surface area contributed by atoms with Crippen molar-refractivity contribution in [3.05, 3.63) is 64.2 Å². The highest BCUT2D eigenvalue weighted by atomic mass is 16.5. The second-order valence-corrected chi connectivity index (χ2v) is 7.43. The summed E-state index contributed by atoms with van der Waals surface area (Å²) in [5.74, 6) is 0.245. The number of aryl methyl sites for hydroxylation is 3. The van der Waals surface area contributed by atoms with Crippen LogP contribution in [0.15, 0.2) is 36.4 Å². The molecule has 0 saturated carbocycles. The van der Waals surface area contributed by atoms with Crippen molar-refractivity contribution in [2.75, 3.05) is 13.6 Å². The Morgan fingerprint density at radius 1 is 1.04 bits per heavy atom. The molecule has 0 atom stereocenters. The lowest BCUT2D eigenvalue weighted by Crippen LogP contribution is -2.19. The smallest absolute Gasteiger partial charge is 0.303 e. The van der Waals surface area contributed by atoms with Gasteiger partial charge in [-0.1, -0.05) is 42.0 Å².